The Hall–Kier alpha value is -3.92. The van der Waals surface area contributed by atoms with Gasteiger partial charge in [0.15, 0.2) is 5.58 Å². The molecule has 38 heavy (non-hydrogen) atoms. The van der Waals surface area contributed by atoms with Crippen molar-refractivity contribution in [3.8, 4) is 22.0 Å². The zero-order valence-electron chi connectivity index (χ0n) is 19.8. The summed E-state index contributed by atoms with van der Waals surface area (Å²) in [5.74, 6) is 0.215. The summed E-state index contributed by atoms with van der Waals surface area (Å²) in [6, 6.07) is 14.2. The largest absolute Gasteiger partial charge is 0.436 e. The molecule has 0 N–H and O–H groups in total. The first-order valence-electron chi connectivity index (χ1n) is 11.4. The Morgan fingerprint density at radius 3 is 1.89 bits per heavy atom. The van der Waals surface area contributed by atoms with Crippen LogP contribution in [-0.4, -0.2) is 9.97 Å². The minimum atomic E-state index is -4.49. The fourth-order valence-electron chi connectivity index (χ4n) is 4.60. The minimum Gasteiger partial charge on any atom is -0.436 e. The number of benzene rings is 4. The van der Waals surface area contributed by atoms with Gasteiger partial charge < -0.3 is 4.42 Å². The molecule has 6 rings (SSSR count). The van der Waals surface area contributed by atoms with Crippen LogP contribution in [0.15, 0.2) is 65.1 Å². The lowest BCUT2D eigenvalue weighted by Crippen LogP contribution is -2.03. The molecule has 0 atom stereocenters. The standard InChI is InChI=1S/C28H16F6N2OS/c1-13-17-6-8-20(26-36-22-10-4-16(28(32,33)34)12-24(22)38-26)14(2)18(17)5-7-19(13)25-35-21-9-3-15(27(29,30)31)11-23(21)37-25/h3-12H,1-2H3. The molecule has 0 saturated carbocycles. The van der Waals surface area contributed by atoms with Crippen LogP contribution in [0.2, 0.25) is 0 Å². The number of alkyl halides is 6. The molecule has 0 aliphatic carbocycles. The summed E-state index contributed by atoms with van der Waals surface area (Å²) in [4.78, 5) is 8.94. The van der Waals surface area contributed by atoms with Crippen molar-refractivity contribution in [1.29, 1.82) is 0 Å². The van der Waals surface area contributed by atoms with E-state index in [2.05, 4.69) is 9.97 Å². The van der Waals surface area contributed by atoms with Crippen LogP contribution in [0.25, 0.3) is 54.1 Å². The van der Waals surface area contributed by atoms with Crippen LogP contribution in [0.3, 0.4) is 0 Å². The summed E-state index contributed by atoms with van der Waals surface area (Å²) in [6.07, 6.45) is -8.92. The summed E-state index contributed by atoms with van der Waals surface area (Å²) in [6.45, 7) is 3.80. The summed E-state index contributed by atoms with van der Waals surface area (Å²) in [7, 11) is 0. The maximum Gasteiger partial charge on any atom is 0.416 e. The molecule has 2 heterocycles. The van der Waals surface area contributed by atoms with E-state index in [4.69, 9.17) is 4.42 Å². The number of hydrogen-bond acceptors (Lipinski definition) is 4. The molecule has 0 spiro atoms. The van der Waals surface area contributed by atoms with E-state index in [-0.39, 0.29) is 11.5 Å². The monoisotopic (exact) mass is 542 g/mol. The van der Waals surface area contributed by atoms with Crippen molar-refractivity contribution in [2.45, 2.75) is 26.2 Å². The zero-order chi connectivity index (χ0) is 27.0. The molecule has 0 aliphatic rings. The fourth-order valence-corrected chi connectivity index (χ4v) is 5.69. The Morgan fingerprint density at radius 1 is 0.658 bits per heavy atom. The first kappa shape index (κ1) is 24.4. The number of nitrogens with zero attached hydrogens (tertiary/aromatic N) is 2. The van der Waals surface area contributed by atoms with Gasteiger partial charge in [-0.15, -0.1) is 11.3 Å². The maximum atomic E-state index is 13.1. The van der Waals surface area contributed by atoms with Gasteiger partial charge in [0.05, 0.1) is 21.3 Å². The van der Waals surface area contributed by atoms with Gasteiger partial charge in [-0.05, 0) is 78.2 Å². The van der Waals surface area contributed by atoms with Gasteiger partial charge in [0.1, 0.15) is 10.5 Å². The molecule has 0 fully saturated rings. The van der Waals surface area contributed by atoms with E-state index in [0.717, 1.165) is 51.7 Å². The van der Waals surface area contributed by atoms with E-state index >= 15 is 0 Å². The topological polar surface area (TPSA) is 38.9 Å². The number of fused-ring (bicyclic) bond motifs is 3. The van der Waals surface area contributed by atoms with Crippen LogP contribution >= 0.6 is 11.3 Å². The predicted molar refractivity (Wildman–Crippen MR) is 135 cm³/mol. The van der Waals surface area contributed by atoms with E-state index in [1.54, 1.807) is 6.07 Å². The third kappa shape index (κ3) is 3.99. The summed E-state index contributed by atoms with van der Waals surface area (Å²) >= 11 is 1.20. The average Bonchev–Trinajstić information content (AvgIpc) is 3.46. The van der Waals surface area contributed by atoms with Crippen molar-refractivity contribution in [1.82, 2.24) is 9.97 Å². The van der Waals surface area contributed by atoms with E-state index in [9.17, 15) is 26.3 Å². The van der Waals surface area contributed by atoms with Crippen LogP contribution in [-0.2, 0) is 12.4 Å². The van der Waals surface area contributed by atoms with E-state index in [0.29, 0.717) is 26.3 Å². The fraction of sp³-hybridized carbons (Fsp3) is 0.143. The van der Waals surface area contributed by atoms with Gasteiger partial charge in [0.25, 0.3) is 0 Å². The summed E-state index contributed by atoms with van der Waals surface area (Å²) < 4.78 is 84.8. The summed E-state index contributed by atoms with van der Waals surface area (Å²) in [5, 5.41) is 2.41. The van der Waals surface area contributed by atoms with Gasteiger partial charge in [-0.25, -0.2) is 9.97 Å². The highest BCUT2D eigenvalue weighted by atomic mass is 32.1. The average molecular weight is 543 g/mol. The Bertz CT molecular complexity index is 1740. The second kappa shape index (κ2) is 8.29. The maximum absolute atomic E-state index is 13.1. The number of aryl methyl sites for hydroxylation is 2. The number of aromatic nitrogens is 2. The highest BCUT2D eigenvalue weighted by Gasteiger charge is 2.32. The van der Waals surface area contributed by atoms with Crippen molar-refractivity contribution in [2.24, 2.45) is 0 Å². The van der Waals surface area contributed by atoms with Crippen molar-refractivity contribution in [2.75, 3.05) is 0 Å². The van der Waals surface area contributed by atoms with Gasteiger partial charge in [0, 0.05) is 11.1 Å². The number of rotatable bonds is 2. The second-order valence-electron chi connectivity index (χ2n) is 8.97. The molecular formula is C28H16F6N2OS. The van der Waals surface area contributed by atoms with Crippen molar-refractivity contribution >= 4 is 43.4 Å². The minimum absolute atomic E-state index is 0.0466. The van der Waals surface area contributed by atoms with Crippen LogP contribution in [0.5, 0.6) is 0 Å². The van der Waals surface area contributed by atoms with Crippen LogP contribution in [0.4, 0.5) is 26.3 Å². The third-order valence-corrected chi connectivity index (χ3v) is 7.68. The molecule has 0 saturated heterocycles. The SMILES string of the molecule is Cc1c(-c2nc3ccc(C(F)(F)F)cc3o2)ccc2c(C)c(-c3nc4ccc(C(F)(F)F)cc4s3)ccc12. The molecule has 2 aromatic heterocycles. The van der Waals surface area contributed by atoms with Gasteiger partial charge >= 0.3 is 12.4 Å². The molecule has 192 valence electrons. The lowest BCUT2D eigenvalue weighted by molar-refractivity contribution is -0.138. The zero-order valence-corrected chi connectivity index (χ0v) is 20.6. The molecule has 3 nitrogen and oxygen atoms in total. The van der Waals surface area contributed by atoms with Crippen molar-refractivity contribution < 1.29 is 30.8 Å². The number of halogens is 6. The smallest absolute Gasteiger partial charge is 0.416 e. The Kier molecular flexibility index (Phi) is 5.33. The Labute approximate surface area is 215 Å². The third-order valence-electron chi connectivity index (χ3n) is 6.63. The summed E-state index contributed by atoms with van der Waals surface area (Å²) in [5.41, 5.74) is 2.53. The Balaban J connectivity index is 1.42. The van der Waals surface area contributed by atoms with Gasteiger partial charge in [-0.1, -0.05) is 18.2 Å². The van der Waals surface area contributed by atoms with Crippen LogP contribution in [0, 0.1) is 13.8 Å². The molecular weight excluding hydrogens is 526 g/mol. The first-order valence-corrected chi connectivity index (χ1v) is 12.2. The van der Waals surface area contributed by atoms with Gasteiger partial charge in [0.2, 0.25) is 5.89 Å². The molecule has 4 aromatic carbocycles. The lowest BCUT2D eigenvalue weighted by atomic mass is 9.94. The van der Waals surface area contributed by atoms with Crippen LogP contribution < -0.4 is 0 Å². The highest BCUT2D eigenvalue weighted by Crippen LogP contribution is 2.40. The molecule has 10 heteroatoms. The van der Waals surface area contributed by atoms with E-state index < -0.39 is 23.5 Å². The van der Waals surface area contributed by atoms with Gasteiger partial charge in [-0.2, -0.15) is 26.3 Å². The molecule has 0 unspecified atom stereocenters. The molecule has 0 radical (unpaired) electrons. The molecule has 0 bridgehead atoms. The number of oxazole rings is 1. The first-order chi connectivity index (χ1) is 17.9. The van der Waals surface area contributed by atoms with E-state index in [1.807, 2.05) is 32.0 Å². The van der Waals surface area contributed by atoms with Crippen LogP contribution in [0.1, 0.15) is 22.3 Å². The molecule has 0 amide bonds. The lowest BCUT2D eigenvalue weighted by Gasteiger charge is -2.11. The predicted octanol–water partition coefficient (Wildman–Crippen LogP) is 9.58. The highest BCUT2D eigenvalue weighted by molar-refractivity contribution is 7.21. The number of hydrogen-bond donors (Lipinski definition) is 0. The van der Waals surface area contributed by atoms with Crippen molar-refractivity contribution in [3.63, 3.8) is 0 Å². The molecule has 6 aromatic rings. The van der Waals surface area contributed by atoms with Gasteiger partial charge in [-0.3, -0.25) is 0 Å². The molecule has 0 aliphatic heterocycles. The normalized spacial score (nSPS) is 12.7. The second-order valence-corrected chi connectivity index (χ2v) is 10.0. The Morgan fingerprint density at radius 2 is 1.24 bits per heavy atom. The van der Waals surface area contributed by atoms with Crippen molar-refractivity contribution in [3.05, 3.63) is 82.9 Å². The quantitative estimate of drug-likeness (QED) is 0.205. The number of thiazole rings is 1. The van der Waals surface area contributed by atoms with E-state index in [1.165, 1.54) is 23.5 Å².